The molecule has 0 aliphatic heterocycles. The molecule has 0 fully saturated rings. The zero-order valence-electron chi connectivity index (χ0n) is 13.5. The molecule has 126 valence electrons. The van der Waals surface area contributed by atoms with E-state index >= 15 is 0 Å². The number of carbonyl (C=O) groups is 1. The Morgan fingerprint density at radius 1 is 1.25 bits per heavy atom. The topological polar surface area (TPSA) is 76.1 Å². The predicted molar refractivity (Wildman–Crippen MR) is 91.8 cm³/mol. The zero-order valence-corrected chi connectivity index (χ0v) is 14.3. The summed E-state index contributed by atoms with van der Waals surface area (Å²) in [5.41, 5.74) is 2.71. The van der Waals surface area contributed by atoms with Gasteiger partial charge in [0.05, 0.1) is 4.90 Å². The maximum atomic E-state index is 12.3. The van der Waals surface area contributed by atoms with Crippen LogP contribution < -0.4 is 5.32 Å². The first-order chi connectivity index (χ1) is 11.5. The third-order valence-corrected chi connectivity index (χ3v) is 5.55. The second-order valence-corrected chi connectivity index (χ2v) is 8.09. The van der Waals surface area contributed by atoms with E-state index in [2.05, 4.69) is 28.5 Å². The van der Waals surface area contributed by atoms with Gasteiger partial charge in [0.15, 0.2) is 9.84 Å². The Balaban J connectivity index is 1.64. The number of fused-ring (bicyclic) bond motifs is 1. The molecule has 6 heteroatoms. The van der Waals surface area contributed by atoms with Crippen LogP contribution in [0.25, 0.3) is 0 Å². The average molecular weight is 344 g/mol. The molecule has 1 aromatic heterocycles. The largest absolute Gasteiger partial charge is 0.351 e. The van der Waals surface area contributed by atoms with Crippen molar-refractivity contribution in [1.29, 1.82) is 0 Å². The summed E-state index contributed by atoms with van der Waals surface area (Å²) in [4.78, 5) is 16.2. The lowest BCUT2D eigenvalue weighted by atomic mass is 9.98. The van der Waals surface area contributed by atoms with Gasteiger partial charge in [-0.15, -0.1) is 0 Å². The summed E-state index contributed by atoms with van der Waals surface area (Å²) in [6.45, 7) is 0.498. The van der Waals surface area contributed by atoms with Crippen molar-refractivity contribution < 1.29 is 13.2 Å². The third-order valence-electron chi connectivity index (χ3n) is 4.42. The Morgan fingerprint density at radius 2 is 2.04 bits per heavy atom. The van der Waals surface area contributed by atoms with Crippen LogP contribution in [0.4, 0.5) is 0 Å². The van der Waals surface area contributed by atoms with Gasteiger partial charge in [0.1, 0.15) is 5.69 Å². The summed E-state index contributed by atoms with van der Waals surface area (Å²) < 4.78 is 23.5. The van der Waals surface area contributed by atoms with E-state index in [0.717, 1.165) is 25.5 Å². The van der Waals surface area contributed by atoms with E-state index in [0.29, 0.717) is 12.5 Å². The molecule has 1 heterocycles. The molecular weight excluding hydrogens is 324 g/mol. The molecule has 5 nitrogen and oxygen atoms in total. The van der Waals surface area contributed by atoms with E-state index in [1.807, 2.05) is 6.07 Å². The van der Waals surface area contributed by atoms with Crippen molar-refractivity contribution >= 4 is 15.7 Å². The number of aromatic nitrogens is 1. The van der Waals surface area contributed by atoms with Gasteiger partial charge in [-0.3, -0.25) is 4.79 Å². The number of carbonyl (C=O) groups excluding carboxylic acids is 1. The van der Waals surface area contributed by atoms with Crippen LogP contribution in [0.3, 0.4) is 0 Å². The van der Waals surface area contributed by atoms with Crippen molar-refractivity contribution in [1.82, 2.24) is 10.3 Å². The molecule has 24 heavy (non-hydrogen) atoms. The number of nitrogens with one attached hydrogen (secondary N) is 1. The minimum Gasteiger partial charge on any atom is -0.351 e. The van der Waals surface area contributed by atoms with E-state index in [1.165, 1.54) is 29.5 Å². The maximum Gasteiger partial charge on any atom is 0.271 e. The van der Waals surface area contributed by atoms with E-state index in [1.54, 1.807) is 0 Å². The molecule has 0 radical (unpaired) electrons. The van der Waals surface area contributed by atoms with E-state index in [9.17, 15) is 13.2 Å². The summed E-state index contributed by atoms with van der Waals surface area (Å²) >= 11 is 0. The molecule has 0 saturated heterocycles. The molecular formula is C18H20N2O3S. The molecule has 1 amide bonds. The van der Waals surface area contributed by atoms with Gasteiger partial charge >= 0.3 is 0 Å². The Kier molecular flexibility index (Phi) is 4.66. The number of pyridine rings is 1. The van der Waals surface area contributed by atoms with Crippen LogP contribution in [0.5, 0.6) is 0 Å². The molecule has 0 saturated carbocycles. The normalized spacial score (nSPS) is 16.6. The molecule has 3 rings (SSSR count). The molecule has 1 atom stereocenters. The number of hydrogen-bond acceptors (Lipinski definition) is 4. The summed E-state index contributed by atoms with van der Waals surface area (Å²) in [6, 6.07) is 11.3. The van der Waals surface area contributed by atoms with Crippen molar-refractivity contribution in [3.63, 3.8) is 0 Å². The van der Waals surface area contributed by atoms with Crippen LogP contribution in [0.15, 0.2) is 47.5 Å². The fourth-order valence-corrected chi connectivity index (χ4v) is 4.07. The van der Waals surface area contributed by atoms with Crippen molar-refractivity contribution in [3.8, 4) is 0 Å². The fourth-order valence-electron chi connectivity index (χ4n) is 3.25. The van der Waals surface area contributed by atoms with Crippen LogP contribution in [-0.2, 0) is 16.3 Å². The number of benzene rings is 1. The number of nitrogens with zero attached hydrogens (tertiary/aromatic N) is 1. The second-order valence-electron chi connectivity index (χ2n) is 6.10. The highest BCUT2D eigenvalue weighted by atomic mass is 32.2. The molecule has 1 unspecified atom stereocenters. The number of rotatable bonds is 5. The van der Waals surface area contributed by atoms with Crippen LogP contribution in [0, 0.1) is 0 Å². The lowest BCUT2D eigenvalue weighted by Crippen LogP contribution is -2.28. The van der Waals surface area contributed by atoms with Crippen molar-refractivity contribution in [2.24, 2.45) is 0 Å². The quantitative estimate of drug-likeness (QED) is 0.903. The molecule has 1 N–H and O–H groups in total. The lowest BCUT2D eigenvalue weighted by Gasteiger charge is -2.12. The Morgan fingerprint density at radius 3 is 2.83 bits per heavy atom. The van der Waals surface area contributed by atoms with Gasteiger partial charge in [-0.25, -0.2) is 13.4 Å². The monoisotopic (exact) mass is 344 g/mol. The van der Waals surface area contributed by atoms with Crippen LogP contribution in [-0.4, -0.2) is 32.1 Å². The summed E-state index contributed by atoms with van der Waals surface area (Å²) in [5, 5.41) is 2.80. The molecule has 2 aromatic rings. The van der Waals surface area contributed by atoms with Gasteiger partial charge in [0.2, 0.25) is 0 Å². The van der Waals surface area contributed by atoms with Gasteiger partial charge in [-0.1, -0.05) is 24.3 Å². The number of aryl methyl sites for hydroxylation is 1. The van der Waals surface area contributed by atoms with E-state index < -0.39 is 15.7 Å². The maximum absolute atomic E-state index is 12.3. The first kappa shape index (κ1) is 16.6. The standard InChI is InChI=1S/C18H20N2O3S/c1-24(22,23)16-7-4-11-19-17(16)18(21)20-12-10-14-9-8-13-5-2-3-6-15(13)14/h2-7,11,14H,8-10,12H2,1H3,(H,20,21). The first-order valence-corrected chi connectivity index (χ1v) is 9.87. The Labute approximate surface area is 142 Å². The van der Waals surface area contributed by atoms with Crippen LogP contribution in [0.2, 0.25) is 0 Å². The lowest BCUT2D eigenvalue weighted by molar-refractivity contribution is 0.0944. The number of amides is 1. The van der Waals surface area contributed by atoms with E-state index in [-0.39, 0.29) is 10.6 Å². The van der Waals surface area contributed by atoms with Gasteiger partial charge in [0.25, 0.3) is 5.91 Å². The van der Waals surface area contributed by atoms with Gasteiger partial charge in [-0.2, -0.15) is 0 Å². The van der Waals surface area contributed by atoms with Crippen molar-refractivity contribution in [3.05, 3.63) is 59.4 Å². The van der Waals surface area contributed by atoms with E-state index in [4.69, 9.17) is 0 Å². The highest BCUT2D eigenvalue weighted by Crippen LogP contribution is 2.34. The zero-order chi connectivity index (χ0) is 17.2. The highest BCUT2D eigenvalue weighted by Gasteiger charge is 2.23. The van der Waals surface area contributed by atoms with Gasteiger partial charge in [0, 0.05) is 19.0 Å². The van der Waals surface area contributed by atoms with Crippen LogP contribution >= 0.6 is 0 Å². The SMILES string of the molecule is CS(=O)(=O)c1cccnc1C(=O)NCCC1CCc2ccccc21. The number of hydrogen-bond donors (Lipinski definition) is 1. The molecule has 1 aliphatic carbocycles. The molecule has 0 bridgehead atoms. The fraction of sp³-hybridized carbons (Fsp3) is 0.333. The van der Waals surface area contributed by atoms with Crippen molar-refractivity contribution in [2.75, 3.05) is 12.8 Å². The molecule has 1 aliphatic rings. The Hall–Kier alpha value is -2.21. The summed E-state index contributed by atoms with van der Waals surface area (Å²) in [5.74, 6) is 0.00178. The van der Waals surface area contributed by atoms with Crippen LogP contribution in [0.1, 0.15) is 40.4 Å². The van der Waals surface area contributed by atoms with Gasteiger partial charge < -0.3 is 5.32 Å². The van der Waals surface area contributed by atoms with Crippen molar-refractivity contribution in [2.45, 2.75) is 30.1 Å². The predicted octanol–water partition coefficient (Wildman–Crippen LogP) is 2.33. The Bertz CT molecular complexity index is 862. The second kappa shape index (κ2) is 6.73. The average Bonchev–Trinajstić information content (AvgIpc) is 2.97. The smallest absolute Gasteiger partial charge is 0.271 e. The highest BCUT2D eigenvalue weighted by molar-refractivity contribution is 7.90. The summed E-state index contributed by atoms with van der Waals surface area (Å²) in [6.07, 6.45) is 5.51. The van der Waals surface area contributed by atoms with Gasteiger partial charge in [-0.05, 0) is 48.4 Å². The molecule has 1 aromatic carbocycles. The minimum absolute atomic E-state index is 0.0336. The first-order valence-electron chi connectivity index (χ1n) is 7.98. The molecule has 0 spiro atoms. The minimum atomic E-state index is -3.48. The number of sulfone groups is 1. The summed E-state index contributed by atoms with van der Waals surface area (Å²) in [7, 11) is -3.48. The third kappa shape index (κ3) is 3.48.